The van der Waals surface area contributed by atoms with Crippen LogP contribution in [0.2, 0.25) is 0 Å². The number of amides is 3. The highest BCUT2D eigenvalue weighted by Crippen LogP contribution is 2.45. The second-order valence-electron chi connectivity index (χ2n) is 10.1. The van der Waals surface area contributed by atoms with Gasteiger partial charge < -0.3 is 14.8 Å². The Kier molecular flexibility index (Phi) is 8.24. The Morgan fingerprint density at radius 2 is 1.51 bits per heavy atom. The second-order valence-corrected chi connectivity index (χ2v) is 10.1. The molecule has 1 aliphatic carbocycles. The number of nitrogens with one attached hydrogen (secondary N) is 1. The molecule has 5 rings (SSSR count). The molecule has 3 atom stereocenters. The molecule has 1 saturated carbocycles. The van der Waals surface area contributed by atoms with E-state index in [1.807, 2.05) is 18.2 Å². The molecule has 0 bridgehead atoms. The van der Waals surface area contributed by atoms with E-state index in [0.29, 0.717) is 29.8 Å². The van der Waals surface area contributed by atoms with Crippen molar-refractivity contribution in [3.63, 3.8) is 0 Å². The van der Waals surface area contributed by atoms with Crippen molar-refractivity contribution in [3.05, 3.63) is 95.6 Å². The first-order valence-electron chi connectivity index (χ1n) is 13.6. The molecule has 9 heteroatoms. The van der Waals surface area contributed by atoms with Gasteiger partial charge in [0.05, 0.1) is 35.3 Å². The molecule has 1 heterocycles. The number of carbonyl (C=O) groups excluding carboxylic acids is 5. The monoisotopic (exact) mass is 554 g/mol. The Morgan fingerprint density at radius 3 is 2.24 bits per heavy atom. The van der Waals surface area contributed by atoms with Crippen LogP contribution in [0.25, 0.3) is 0 Å². The first kappa shape index (κ1) is 27.8. The van der Waals surface area contributed by atoms with Gasteiger partial charge in [-0.1, -0.05) is 36.4 Å². The summed E-state index contributed by atoms with van der Waals surface area (Å²) in [5.41, 5.74) is 2.37. The first-order valence-corrected chi connectivity index (χ1v) is 13.6. The Morgan fingerprint density at radius 1 is 0.805 bits per heavy atom. The van der Waals surface area contributed by atoms with Gasteiger partial charge in [0.2, 0.25) is 11.8 Å². The van der Waals surface area contributed by atoms with E-state index in [1.165, 1.54) is 34.7 Å². The summed E-state index contributed by atoms with van der Waals surface area (Å²) < 4.78 is 10.1. The van der Waals surface area contributed by atoms with Gasteiger partial charge in [-0.05, 0) is 80.1 Å². The topological polar surface area (TPSA) is 119 Å². The van der Waals surface area contributed by atoms with E-state index in [2.05, 4.69) is 17.4 Å². The molecule has 2 fully saturated rings. The van der Waals surface area contributed by atoms with E-state index in [9.17, 15) is 24.0 Å². The van der Waals surface area contributed by atoms with E-state index in [4.69, 9.17) is 9.47 Å². The summed E-state index contributed by atoms with van der Waals surface area (Å²) in [5, 5.41) is 2.59. The lowest BCUT2D eigenvalue weighted by molar-refractivity contribution is -0.122. The molecule has 3 aromatic carbocycles. The Balaban J connectivity index is 1.19. The molecule has 1 N–H and O–H groups in total. The van der Waals surface area contributed by atoms with Crippen LogP contribution < -0.4 is 10.2 Å². The van der Waals surface area contributed by atoms with Crippen molar-refractivity contribution in [3.8, 4) is 0 Å². The molecule has 9 nitrogen and oxygen atoms in total. The quantitative estimate of drug-likeness (QED) is 0.316. The lowest BCUT2D eigenvalue weighted by atomic mass is 9.73. The van der Waals surface area contributed by atoms with Crippen LogP contribution in [0.3, 0.4) is 0 Å². The molecule has 0 spiro atoms. The van der Waals surface area contributed by atoms with Crippen molar-refractivity contribution >= 4 is 41.0 Å². The highest BCUT2D eigenvalue weighted by molar-refractivity contribution is 6.22. The largest absolute Gasteiger partial charge is 0.462 e. The average molecular weight is 555 g/mol. The van der Waals surface area contributed by atoms with E-state index in [-0.39, 0.29) is 35.8 Å². The number of esters is 2. The fourth-order valence-electron chi connectivity index (χ4n) is 5.55. The zero-order valence-electron chi connectivity index (χ0n) is 22.6. The van der Waals surface area contributed by atoms with Crippen LogP contribution in [0.1, 0.15) is 58.4 Å². The molecule has 210 valence electrons. The molecular weight excluding hydrogens is 524 g/mol. The normalized spacial score (nSPS) is 19.8. The number of carbonyl (C=O) groups is 5. The molecule has 1 aliphatic heterocycles. The number of anilines is 2. The average Bonchev–Trinajstić information content (AvgIpc) is 3.25. The molecular formula is C32H30N2O7. The number of fused-ring (bicyclic) bond motifs is 1. The van der Waals surface area contributed by atoms with Gasteiger partial charge in [-0.25, -0.2) is 9.59 Å². The first-order chi connectivity index (χ1) is 19.9. The SMILES string of the molecule is CCOC(=O)c1ccc(NC(=O)COC(=O)c2cccc(N3C(=O)[C@@H]4CC[C@H](c5ccccc5)C[C@H]4C3=O)c2)cc1. The van der Waals surface area contributed by atoms with Gasteiger partial charge in [-0.2, -0.15) is 0 Å². The minimum Gasteiger partial charge on any atom is -0.462 e. The van der Waals surface area contributed by atoms with Crippen molar-refractivity contribution in [2.75, 3.05) is 23.4 Å². The Bertz CT molecular complexity index is 1470. The number of nitrogens with zero attached hydrogens (tertiary/aromatic N) is 1. The van der Waals surface area contributed by atoms with Gasteiger partial charge in [0, 0.05) is 5.69 Å². The van der Waals surface area contributed by atoms with Crippen molar-refractivity contribution < 1.29 is 33.4 Å². The molecule has 0 aromatic heterocycles. The summed E-state index contributed by atoms with van der Waals surface area (Å²) in [6, 6.07) is 22.3. The predicted octanol–water partition coefficient (Wildman–Crippen LogP) is 4.73. The third-order valence-corrected chi connectivity index (χ3v) is 7.55. The number of hydrogen-bond donors (Lipinski definition) is 1. The van der Waals surface area contributed by atoms with E-state index >= 15 is 0 Å². The lowest BCUT2D eigenvalue weighted by Crippen LogP contribution is -2.31. The highest BCUT2D eigenvalue weighted by Gasteiger charge is 2.50. The summed E-state index contributed by atoms with van der Waals surface area (Å²) >= 11 is 0. The van der Waals surface area contributed by atoms with E-state index in [1.54, 1.807) is 31.2 Å². The molecule has 3 amide bonds. The smallest absolute Gasteiger partial charge is 0.338 e. The third-order valence-electron chi connectivity index (χ3n) is 7.55. The lowest BCUT2D eigenvalue weighted by Gasteiger charge is -2.28. The maximum atomic E-state index is 13.4. The number of hydrogen-bond acceptors (Lipinski definition) is 7. The van der Waals surface area contributed by atoms with Gasteiger partial charge >= 0.3 is 11.9 Å². The van der Waals surface area contributed by atoms with Crippen LogP contribution in [0.5, 0.6) is 0 Å². The number of imide groups is 1. The minimum atomic E-state index is -0.764. The van der Waals surface area contributed by atoms with Gasteiger partial charge in [0.1, 0.15) is 0 Å². The van der Waals surface area contributed by atoms with Crippen LogP contribution in [-0.4, -0.2) is 42.9 Å². The summed E-state index contributed by atoms with van der Waals surface area (Å²) in [5.74, 6) is -2.84. The molecule has 2 aliphatic rings. The van der Waals surface area contributed by atoms with Gasteiger partial charge in [0.15, 0.2) is 6.61 Å². The Labute approximate surface area is 237 Å². The standard InChI is InChI=1S/C32H30N2O7/c1-2-40-31(38)21-11-14-24(15-12-21)33-28(35)19-41-32(39)23-9-6-10-25(17-23)34-29(36)26-16-13-22(18-27(26)30(34)37)20-7-4-3-5-8-20/h3-12,14-15,17,22,26-27H,2,13,16,18-19H2,1H3,(H,33,35)/t22-,26+,27+/m0/s1. The number of ether oxygens (including phenoxy) is 2. The maximum Gasteiger partial charge on any atom is 0.338 e. The summed E-state index contributed by atoms with van der Waals surface area (Å²) in [6.07, 6.45) is 2.08. The second kappa shape index (κ2) is 12.2. The van der Waals surface area contributed by atoms with Crippen LogP contribution in [0.15, 0.2) is 78.9 Å². The fourth-order valence-corrected chi connectivity index (χ4v) is 5.55. The van der Waals surface area contributed by atoms with Crippen LogP contribution in [-0.2, 0) is 23.9 Å². The van der Waals surface area contributed by atoms with E-state index in [0.717, 1.165) is 6.42 Å². The van der Waals surface area contributed by atoms with Crippen LogP contribution >= 0.6 is 0 Å². The fraction of sp³-hybridized carbons (Fsp3) is 0.281. The summed E-state index contributed by atoms with van der Waals surface area (Å²) in [7, 11) is 0. The van der Waals surface area contributed by atoms with Crippen LogP contribution in [0, 0.1) is 11.8 Å². The molecule has 0 unspecified atom stereocenters. The van der Waals surface area contributed by atoms with Gasteiger partial charge in [0.25, 0.3) is 5.91 Å². The van der Waals surface area contributed by atoms with E-state index < -0.39 is 30.4 Å². The summed E-state index contributed by atoms with van der Waals surface area (Å²) in [4.78, 5) is 64.7. The molecule has 41 heavy (non-hydrogen) atoms. The highest BCUT2D eigenvalue weighted by atomic mass is 16.5. The van der Waals surface area contributed by atoms with Gasteiger partial charge in [-0.3, -0.25) is 19.3 Å². The predicted molar refractivity (Wildman–Crippen MR) is 150 cm³/mol. The van der Waals surface area contributed by atoms with Crippen molar-refractivity contribution in [1.29, 1.82) is 0 Å². The molecule has 1 saturated heterocycles. The number of rotatable bonds is 8. The Hall–Kier alpha value is -4.79. The number of benzene rings is 3. The minimum absolute atomic E-state index is 0.117. The summed E-state index contributed by atoms with van der Waals surface area (Å²) in [6.45, 7) is 1.42. The molecule has 0 radical (unpaired) electrons. The van der Waals surface area contributed by atoms with Crippen molar-refractivity contribution in [2.45, 2.75) is 32.1 Å². The maximum absolute atomic E-state index is 13.4. The van der Waals surface area contributed by atoms with Crippen molar-refractivity contribution in [2.24, 2.45) is 11.8 Å². The third kappa shape index (κ3) is 6.04. The zero-order chi connectivity index (χ0) is 28.9. The van der Waals surface area contributed by atoms with Crippen molar-refractivity contribution in [1.82, 2.24) is 0 Å². The molecule has 3 aromatic rings. The zero-order valence-corrected chi connectivity index (χ0v) is 22.6. The van der Waals surface area contributed by atoms with Crippen LogP contribution in [0.4, 0.5) is 11.4 Å². The van der Waals surface area contributed by atoms with Gasteiger partial charge in [-0.15, -0.1) is 0 Å².